The summed E-state index contributed by atoms with van der Waals surface area (Å²) in [7, 11) is 0. The number of carbonyl (C=O) groups is 3. The number of carbonyl (C=O) groups excluding carboxylic acids is 3. The van der Waals surface area contributed by atoms with Gasteiger partial charge in [-0.15, -0.1) is 0 Å². The number of aromatic nitrogens is 4. The van der Waals surface area contributed by atoms with Crippen molar-refractivity contribution in [1.29, 1.82) is 0 Å². The zero-order chi connectivity index (χ0) is 31.1. The number of unbranched alkanes of at least 4 members (excludes halogenated alkanes) is 7. The van der Waals surface area contributed by atoms with Crippen molar-refractivity contribution in [3.63, 3.8) is 0 Å². The molecule has 1 aromatic carbocycles. The van der Waals surface area contributed by atoms with Crippen molar-refractivity contribution in [3.05, 3.63) is 41.6 Å². The van der Waals surface area contributed by atoms with E-state index in [1.807, 2.05) is 32.9 Å². The maximum Gasteiger partial charge on any atom is 0.245 e. The van der Waals surface area contributed by atoms with E-state index in [0.29, 0.717) is 29.9 Å². The van der Waals surface area contributed by atoms with Gasteiger partial charge in [0.2, 0.25) is 11.8 Å². The van der Waals surface area contributed by atoms with Gasteiger partial charge in [0, 0.05) is 42.9 Å². The van der Waals surface area contributed by atoms with E-state index in [0.717, 1.165) is 35.0 Å². The molecular weight excluding hydrogens is 540 g/mol. The van der Waals surface area contributed by atoms with E-state index in [-0.39, 0.29) is 36.1 Å². The summed E-state index contributed by atoms with van der Waals surface area (Å²) < 4.78 is 1.63. The van der Waals surface area contributed by atoms with Gasteiger partial charge < -0.3 is 10.2 Å². The number of benzene rings is 1. The van der Waals surface area contributed by atoms with Crippen LogP contribution in [-0.2, 0) is 16.1 Å². The first-order valence-corrected chi connectivity index (χ1v) is 16.0. The van der Waals surface area contributed by atoms with Crippen molar-refractivity contribution in [2.24, 2.45) is 5.92 Å². The summed E-state index contributed by atoms with van der Waals surface area (Å²) in [5.41, 5.74) is 3.68. The van der Waals surface area contributed by atoms with Gasteiger partial charge in [-0.05, 0) is 62.8 Å². The summed E-state index contributed by atoms with van der Waals surface area (Å²) in [6.07, 6.45) is 13.8. The molecule has 0 saturated carbocycles. The molecule has 1 aliphatic rings. The van der Waals surface area contributed by atoms with Gasteiger partial charge in [-0.1, -0.05) is 58.8 Å². The Morgan fingerprint density at radius 3 is 2.23 bits per heavy atom. The van der Waals surface area contributed by atoms with E-state index in [9.17, 15) is 14.4 Å². The number of hydrogen-bond donors (Lipinski definition) is 1. The fraction of sp³-hybridized carbons (Fsp3) is 0.588. The molecule has 1 fully saturated rings. The van der Waals surface area contributed by atoms with Crippen LogP contribution in [0.4, 0.5) is 0 Å². The van der Waals surface area contributed by atoms with Gasteiger partial charge in [-0.3, -0.25) is 19.1 Å². The third kappa shape index (κ3) is 7.67. The molecule has 2 aromatic heterocycles. The number of Topliss-reactive ketones (excluding diaryl/α,β-unsaturated/α-hetero) is 1. The lowest BCUT2D eigenvalue weighted by Crippen LogP contribution is -2.49. The van der Waals surface area contributed by atoms with Crippen LogP contribution in [0.25, 0.3) is 22.0 Å². The summed E-state index contributed by atoms with van der Waals surface area (Å²) in [6, 6.07) is 3.35. The van der Waals surface area contributed by atoms with Gasteiger partial charge in [-0.2, -0.15) is 5.10 Å². The fourth-order valence-electron chi connectivity index (χ4n) is 6.26. The Kier molecular flexibility index (Phi) is 11.0. The van der Waals surface area contributed by atoms with Crippen LogP contribution in [0.3, 0.4) is 0 Å². The SMILES string of the molecule is CCCCCCCCCCNC(=O)[C@@H]1C[C@H](C)[C@@H](C)N1C(=O)Cn1nc(C(C)=O)c2cc(-c3cnc(C)nc3)cc(C)c21. The molecule has 1 aliphatic heterocycles. The Bertz CT molecular complexity index is 1430. The van der Waals surface area contributed by atoms with Gasteiger partial charge in [0.1, 0.15) is 24.1 Å². The largest absolute Gasteiger partial charge is 0.354 e. The van der Waals surface area contributed by atoms with E-state index >= 15 is 0 Å². The summed E-state index contributed by atoms with van der Waals surface area (Å²) >= 11 is 0. The van der Waals surface area contributed by atoms with Crippen molar-refractivity contribution in [3.8, 4) is 11.1 Å². The number of likely N-dealkylation sites (tertiary alicyclic amines) is 1. The van der Waals surface area contributed by atoms with E-state index in [2.05, 4.69) is 34.2 Å². The summed E-state index contributed by atoms with van der Waals surface area (Å²) in [6.45, 7) is 12.2. The van der Waals surface area contributed by atoms with Crippen LogP contribution in [0.2, 0.25) is 0 Å². The zero-order valence-electron chi connectivity index (χ0n) is 26.8. The Morgan fingerprint density at radius 2 is 1.58 bits per heavy atom. The molecule has 9 nitrogen and oxygen atoms in total. The highest BCUT2D eigenvalue weighted by atomic mass is 16.2. The molecule has 9 heteroatoms. The number of fused-ring (bicyclic) bond motifs is 1. The normalized spacial score (nSPS) is 18.4. The maximum atomic E-state index is 13.8. The summed E-state index contributed by atoms with van der Waals surface area (Å²) in [5.74, 6) is 0.463. The third-order valence-corrected chi connectivity index (χ3v) is 8.88. The van der Waals surface area contributed by atoms with E-state index < -0.39 is 6.04 Å². The first-order chi connectivity index (χ1) is 20.6. The molecule has 0 spiro atoms. The Morgan fingerprint density at radius 1 is 0.930 bits per heavy atom. The Balaban J connectivity index is 1.47. The van der Waals surface area contributed by atoms with Crippen LogP contribution >= 0.6 is 0 Å². The zero-order valence-corrected chi connectivity index (χ0v) is 26.8. The standard InChI is InChI=1S/C34H48N6O3/c1-7-8-9-10-11-12-13-14-15-35-34(43)30-17-22(2)24(4)40(30)31(42)21-39-33-23(3)16-27(28-19-36-26(6)37-20-28)18-29(33)32(38-39)25(5)41/h16,18-20,22,24,30H,7-15,17,21H2,1-6H3,(H,35,43)/t22-,24+,30-/m0/s1. The molecule has 0 unspecified atom stereocenters. The molecule has 0 aliphatic carbocycles. The number of nitrogens with zero attached hydrogens (tertiary/aromatic N) is 5. The summed E-state index contributed by atoms with van der Waals surface area (Å²) in [4.78, 5) is 50.1. The molecule has 3 aromatic rings. The van der Waals surface area contributed by atoms with Gasteiger partial charge in [0.25, 0.3) is 0 Å². The number of hydrogen-bond acceptors (Lipinski definition) is 6. The van der Waals surface area contributed by atoms with Crippen molar-refractivity contribution in [2.45, 2.75) is 118 Å². The lowest BCUT2D eigenvalue weighted by atomic mass is 10.0. The number of ketones is 1. The quantitative estimate of drug-likeness (QED) is 0.177. The molecule has 3 heterocycles. The second-order valence-corrected chi connectivity index (χ2v) is 12.3. The predicted molar refractivity (Wildman–Crippen MR) is 170 cm³/mol. The second kappa shape index (κ2) is 14.7. The lowest BCUT2D eigenvalue weighted by Gasteiger charge is -2.28. The molecule has 2 amide bonds. The number of aryl methyl sites for hydroxylation is 2. The van der Waals surface area contributed by atoms with Crippen LogP contribution in [0.5, 0.6) is 0 Å². The van der Waals surface area contributed by atoms with E-state index in [1.165, 1.54) is 45.4 Å². The van der Waals surface area contributed by atoms with Crippen LogP contribution in [0, 0.1) is 19.8 Å². The molecule has 0 radical (unpaired) electrons. The summed E-state index contributed by atoms with van der Waals surface area (Å²) in [5, 5.41) is 8.40. The second-order valence-electron chi connectivity index (χ2n) is 12.3. The monoisotopic (exact) mass is 588 g/mol. The average molecular weight is 589 g/mol. The molecule has 3 atom stereocenters. The highest BCUT2D eigenvalue weighted by molar-refractivity contribution is 6.07. The van der Waals surface area contributed by atoms with Crippen molar-refractivity contribution in [2.75, 3.05) is 6.54 Å². The maximum absolute atomic E-state index is 13.8. The minimum atomic E-state index is -0.505. The Labute approximate surface area is 255 Å². The van der Waals surface area contributed by atoms with Gasteiger partial charge in [-0.25, -0.2) is 9.97 Å². The van der Waals surface area contributed by atoms with Gasteiger partial charge >= 0.3 is 0 Å². The molecule has 4 rings (SSSR count). The molecule has 0 bridgehead atoms. The van der Waals surface area contributed by atoms with Crippen molar-refractivity contribution in [1.82, 2.24) is 30.0 Å². The highest BCUT2D eigenvalue weighted by Crippen LogP contribution is 2.32. The molecule has 1 N–H and O–H groups in total. The van der Waals surface area contributed by atoms with Crippen LogP contribution in [0.15, 0.2) is 24.5 Å². The van der Waals surface area contributed by atoms with Crippen LogP contribution in [0.1, 0.15) is 107 Å². The molecule has 43 heavy (non-hydrogen) atoms. The lowest BCUT2D eigenvalue weighted by molar-refractivity contribution is -0.140. The average Bonchev–Trinajstić information content (AvgIpc) is 3.49. The first kappa shape index (κ1) is 32.3. The first-order valence-electron chi connectivity index (χ1n) is 16.0. The van der Waals surface area contributed by atoms with E-state index in [4.69, 9.17) is 0 Å². The van der Waals surface area contributed by atoms with E-state index in [1.54, 1.807) is 22.0 Å². The van der Waals surface area contributed by atoms with Crippen molar-refractivity contribution >= 4 is 28.5 Å². The fourth-order valence-corrected chi connectivity index (χ4v) is 6.26. The minimum absolute atomic E-state index is 0.0452. The molecule has 1 saturated heterocycles. The number of rotatable bonds is 14. The molecule has 232 valence electrons. The number of nitrogens with one attached hydrogen (secondary N) is 1. The predicted octanol–water partition coefficient (Wildman–Crippen LogP) is 6.20. The highest BCUT2D eigenvalue weighted by Gasteiger charge is 2.43. The smallest absolute Gasteiger partial charge is 0.245 e. The minimum Gasteiger partial charge on any atom is -0.354 e. The van der Waals surface area contributed by atoms with Crippen molar-refractivity contribution < 1.29 is 14.4 Å². The third-order valence-electron chi connectivity index (χ3n) is 8.88. The Hall–Kier alpha value is -3.62. The number of amides is 2. The van der Waals surface area contributed by atoms with Gasteiger partial charge in [0.05, 0.1) is 5.52 Å². The van der Waals surface area contributed by atoms with Gasteiger partial charge in [0.15, 0.2) is 5.78 Å². The topological polar surface area (TPSA) is 110 Å². The van der Waals surface area contributed by atoms with Crippen LogP contribution in [-0.4, -0.2) is 60.9 Å². The van der Waals surface area contributed by atoms with Crippen LogP contribution < -0.4 is 5.32 Å². The molecular formula is C34H48N6O3.